The Hall–Kier alpha value is -2.56. The van der Waals surface area contributed by atoms with Gasteiger partial charge in [-0.2, -0.15) is 13.2 Å². The summed E-state index contributed by atoms with van der Waals surface area (Å²) in [6, 6.07) is 0.652. The van der Waals surface area contributed by atoms with Crippen molar-refractivity contribution in [3.05, 3.63) is 22.6 Å². The molecule has 0 aliphatic heterocycles. The molecule has 0 bridgehead atoms. The number of nitrogens with zero attached hydrogens (tertiary/aromatic N) is 1. The number of thiophene rings is 1. The van der Waals surface area contributed by atoms with Crippen LogP contribution in [0.4, 0.5) is 18.0 Å². The average molecular weight is 445 g/mol. The van der Waals surface area contributed by atoms with E-state index in [2.05, 4.69) is 15.6 Å². The van der Waals surface area contributed by atoms with Crippen molar-refractivity contribution in [3.8, 4) is 5.88 Å². The first-order valence-electron chi connectivity index (χ1n) is 9.25. The van der Waals surface area contributed by atoms with E-state index < -0.39 is 35.4 Å². The van der Waals surface area contributed by atoms with E-state index in [0.29, 0.717) is 12.8 Å². The second kappa shape index (κ2) is 7.93. The number of ether oxygens (including phenoxy) is 2. The van der Waals surface area contributed by atoms with Crippen molar-refractivity contribution in [3.63, 3.8) is 0 Å². The molecule has 1 saturated carbocycles. The zero-order valence-electron chi connectivity index (χ0n) is 16.8. The van der Waals surface area contributed by atoms with Gasteiger partial charge in [0.25, 0.3) is 5.91 Å². The first-order chi connectivity index (χ1) is 13.9. The molecular formula is C19H22F3N3O4S. The summed E-state index contributed by atoms with van der Waals surface area (Å²) < 4.78 is 51.2. The van der Waals surface area contributed by atoms with E-state index in [4.69, 9.17) is 9.47 Å². The van der Waals surface area contributed by atoms with Crippen molar-refractivity contribution in [1.82, 2.24) is 15.6 Å². The van der Waals surface area contributed by atoms with Crippen molar-refractivity contribution < 1.29 is 32.2 Å². The van der Waals surface area contributed by atoms with Crippen LogP contribution in [0.2, 0.25) is 0 Å². The lowest BCUT2D eigenvalue weighted by Gasteiger charge is -2.35. The number of hydrogen-bond donors (Lipinski definition) is 2. The van der Waals surface area contributed by atoms with Gasteiger partial charge in [-0.05, 0) is 20.8 Å². The Morgan fingerprint density at radius 1 is 1.23 bits per heavy atom. The monoisotopic (exact) mass is 445 g/mol. The number of nitrogens with one attached hydrogen (secondary N) is 2. The van der Waals surface area contributed by atoms with Crippen LogP contribution in [-0.4, -0.2) is 41.8 Å². The van der Waals surface area contributed by atoms with Crippen LogP contribution in [0.15, 0.2) is 11.4 Å². The standard InChI is InChI=1S/C19H22F3N3O4S/c1-18(2,3)29-17(27)24-9-5-10(6-9)28-13-7-12(19(20,21)22)15-14(25-13)11(8-30-15)16(26)23-4/h7-10H,5-6H2,1-4H3,(H,23,26)(H,24,27). The summed E-state index contributed by atoms with van der Waals surface area (Å²) in [5.41, 5.74) is -1.51. The number of carbonyl (C=O) groups is 2. The van der Waals surface area contributed by atoms with Gasteiger partial charge in [0.15, 0.2) is 0 Å². The van der Waals surface area contributed by atoms with Crippen LogP contribution in [0.1, 0.15) is 49.5 Å². The van der Waals surface area contributed by atoms with E-state index in [1.807, 2.05) is 0 Å². The van der Waals surface area contributed by atoms with E-state index >= 15 is 0 Å². The van der Waals surface area contributed by atoms with Crippen LogP contribution >= 0.6 is 11.3 Å². The smallest absolute Gasteiger partial charge is 0.418 e. The molecule has 2 heterocycles. The zero-order valence-corrected chi connectivity index (χ0v) is 17.7. The minimum absolute atomic E-state index is 0.0491. The van der Waals surface area contributed by atoms with Crippen molar-refractivity contribution >= 4 is 33.6 Å². The van der Waals surface area contributed by atoms with Crippen molar-refractivity contribution in [2.24, 2.45) is 0 Å². The molecule has 2 aromatic rings. The Morgan fingerprint density at radius 2 is 1.90 bits per heavy atom. The molecule has 2 N–H and O–H groups in total. The van der Waals surface area contributed by atoms with Gasteiger partial charge >= 0.3 is 12.3 Å². The number of aromatic nitrogens is 1. The first kappa shape index (κ1) is 22.1. The van der Waals surface area contributed by atoms with E-state index in [0.717, 1.165) is 17.4 Å². The van der Waals surface area contributed by atoms with Crippen LogP contribution in [-0.2, 0) is 10.9 Å². The van der Waals surface area contributed by atoms with Crippen LogP contribution in [0.25, 0.3) is 10.2 Å². The Balaban J connectivity index is 1.74. The molecule has 2 aromatic heterocycles. The SMILES string of the molecule is CNC(=O)c1csc2c(C(F)(F)F)cc(OC3CC(NC(=O)OC(C)(C)C)C3)nc12. The number of fused-ring (bicyclic) bond motifs is 1. The molecule has 0 atom stereocenters. The molecular weight excluding hydrogens is 423 g/mol. The fourth-order valence-electron chi connectivity index (χ4n) is 2.98. The van der Waals surface area contributed by atoms with Gasteiger partial charge < -0.3 is 20.1 Å². The molecule has 0 aromatic carbocycles. The molecule has 2 amide bonds. The van der Waals surface area contributed by atoms with Gasteiger partial charge in [0.2, 0.25) is 5.88 Å². The second-order valence-corrected chi connectivity index (χ2v) is 8.85. The van der Waals surface area contributed by atoms with Crippen molar-refractivity contribution in [1.29, 1.82) is 0 Å². The fourth-order valence-corrected chi connectivity index (χ4v) is 4.00. The first-order valence-corrected chi connectivity index (χ1v) is 10.1. The van der Waals surface area contributed by atoms with E-state index in [9.17, 15) is 22.8 Å². The Labute approximate surface area is 174 Å². The highest BCUT2D eigenvalue weighted by atomic mass is 32.1. The topological polar surface area (TPSA) is 89.6 Å². The molecule has 0 unspecified atom stereocenters. The molecule has 7 nitrogen and oxygen atoms in total. The highest BCUT2D eigenvalue weighted by molar-refractivity contribution is 7.17. The molecule has 1 aliphatic carbocycles. The summed E-state index contributed by atoms with van der Waals surface area (Å²) in [7, 11) is 1.39. The number of alkyl carbamates (subject to hydrolysis) is 1. The molecule has 0 radical (unpaired) electrons. The van der Waals surface area contributed by atoms with Crippen molar-refractivity contribution in [2.75, 3.05) is 7.05 Å². The predicted octanol–water partition coefficient (Wildman–Crippen LogP) is 4.11. The summed E-state index contributed by atoms with van der Waals surface area (Å²) in [6.45, 7) is 5.24. The maximum absolute atomic E-state index is 13.5. The minimum atomic E-state index is -4.62. The minimum Gasteiger partial charge on any atom is -0.474 e. The Kier molecular flexibility index (Phi) is 5.85. The van der Waals surface area contributed by atoms with Crippen LogP contribution < -0.4 is 15.4 Å². The van der Waals surface area contributed by atoms with Gasteiger partial charge in [-0.15, -0.1) is 11.3 Å². The Bertz CT molecular complexity index is 962. The van der Waals surface area contributed by atoms with Crippen molar-refractivity contribution in [2.45, 2.75) is 57.5 Å². The van der Waals surface area contributed by atoms with E-state index in [-0.39, 0.29) is 27.7 Å². The largest absolute Gasteiger partial charge is 0.474 e. The molecule has 164 valence electrons. The maximum Gasteiger partial charge on any atom is 0.418 e. The van der Waals surface area contributed by atoms with Gasteiger partial charge in [0, 0.05) is 37.4 Å². The van der Waals surface area contributed by atoms with Gasteiger partial charge in [-0.25, -0.2) is 9.78 Å². The summed E-state index contributed by atoms with van der Waals surface area (Å²) in [6.07, 6.45) is -4.76. The van der Waals surface area contributed by atoms with Gasteiger partial charge in [0.1, 0.15) is 11.7 Å². The number of rotatable bonds is 4. The van der Waals surface area contributed by atoms with Crippen LogP contribution in [0, 0.1) is 0 Å². The lowest BCUT2D eigenvalue weighted by Crippen LogP contribution is -2.50. The number of alkyl halides is 3. The number of hydrogen-bond acceptors (Lipinski definition) is 6. The van der Waals surface area contributed by atoms with E-state index in [1.165, 1.54) is 12.4 Å². The molecule has 3 rings (SSSR count). The molecule has 11 heteroatoms. The second-order valence-electron chi connectivity index (χ2n) is 7.97. The summed E-state index contributed by atoms with van der Waals surface area (Å²) in [4.78, 5) is 27.9. The van der Waals surface area contributed by atoms with E-state index in [1.54, 1.807) is 20.8 Å². The fraction of sp³-hybridized carbons (Fsp3) is 0.526. The maximum atomic E-state index is 13.5. The van der Waals surface area contributed by atoms with Crippen LogP contribution in [0.3, 0.4) is 0 Å². The molecule has 1 fully saturated rings. The lowest BCUT2D eigenvalue weighted by molar-refractivity contribution is -0.136. The third kappa shape index (κ3) is 4.94. The van der Waals surface area contributed by atoms with Crippen LogP contribution in [0.5, 0.6) is 5.88 Å². The average Bonchev–Trinajstić information content (AvgIpc) is 2.99. The zero-order chi connectivity index (χ0) is 22.3. The van der Waals surface area contributed by atoms with Gasteiger partial charge in [-0.1, -0.05) is 0 Å². The summed E-state index contributed by atoms with van der Waals surface area (Å²) >= 11 is 0.810. The number of halogens is 3. The highest BCUT2D eigenvalue weighted by Gasteiger charge is 2.37. The predicted molar refractivity (Wildman–Crippen MR) is 105 cm³/mol. The molecule has 0 saturated heterocycles. The lowest BCUT2D eigenvalue weighted by atomic mass is 9.89. The Morgan fingerprint density at radius 3 is 2.47 bits per heavy atom. The van der Waals surface area contributed by atoms with Gasteiger partial charge in [-0.3, -0.25) is 4.79 Å². The highest BCUT2D eigenvalue weighted by Crippen LogP contribution is 2.40. The summed E-state index contributed by atoms with van der Waals surface area (Å²) in [5, 5.41) is 6.43. The molecule has 1 aliphatic rings. The number of amides is 2. The third-order valence-electron chi connectivity index (χ3n) is 4.38. The third-order valence-corrected chi connectivity index (χ3v) is 5.38. The quantitative estimate of drug-likeness (QED) is 0.739. The van der Waals surface area contributed by atoms with Gasteiger partial charge in [0.05, 0.1) is 21.3 Å². The normalized spacial score (nSPS) is 19.2. The molecule has 30 heavy (non-hydrogen) atoms. The number of carbonyl (C=O) groups excluding carboxylic acids is 2. The molecule has 0 spiro atoms. The summed E-state index contributed by atoms with van der Waals surface area (Å²) in [5.74, 6) is -0.733. The number of pyridine rings is 1.